The first kappa shape index (κ1) is 9.27. The van der Waals surface area contributed by atoms with Gasteiger partial charge in [-0.1, -0.05) is 11.6 Å². The lowest BCUT2D eigenvalue weighted by Crippen LogP contribution is -2.15. The summed E-state index contributed by atoms with van der Waals surface area (Å²) >= 11 is 8.06. The van der Waals surface area contributed by atoms with Crippen LogP contribution in [0.4, 0.5) is 0 Å². The summed E-state index contributed by atoms with van der Waals surface area (Å²) in [6.45, 7) is 0.437. The molecular formula is C9H6ClIO2. The zero-order valence-electron chi connectivity index (χ0n) is 6.64. The molecule has 1 aromatic carbocycles. The quantitative estimate of drug-likeness (QED) is 0.689. The Morgan fingerprint density at radius 1 is 1.46 bits per heavy atom. The Bertz CT molecular complexity index is 376. The molecule has 4 heteroatoms. The van der Waals surface area contributed by atoms with E-state index in [1.807, 2.05) is 6.07 Å². The number of rotatable bonds is 0. The van der Waals surface area contributed by atoms with Crippen molar-refractivity contribution in [2.45, 2.75) is 6.42 Å². The van der Waals surface area contributed by atoms with Crippen LogP contribution in [-0.4, -0.2) is 12.4 Å². The highest BCUT2D eigenvalue weighted by Gasteiger charge is 2.21. The van der Waals surface area contributed by atoms with Crippen LogP contribution in [0.2, 0.25) is 5.02 Å². The van der Waals surface area contributed by atoms with Gasteiger partial charge in [0.25, 0.3) is 0 Å². The Kier molecular flexibility index (Phi) is 2.47. The van der Waals surface area contributed by atoms with Crippen LogP contribution in [-0.2, 0) is 0 Å². The molecule has 0 spiro atoms. The Balaban J connectivity index is 2.63. The summed E-state index contributed by atoms with van der Waals surface area (Å²) in [7, 11) is 0. The monoisotopic (exact) mass is 308 g/mol. The molecule has 0 bridgehead atoms. The van der Waals surface area contributed by atoms with Crippen LogP contribution in [0, 0.1) is 3.57 Å². The molecule has 1 aliphatic rings. The number of Topliss-reactive ketones (excluding diaryl/α,β-unsaturated/α-hetero) is 1. The SMILES string of the molecule is O=C1CCOc2c(Cl)cc(I)cc21. The van der Waals surface area contributed by atoms with E-state index in [0.717, 1.165) is 3.57 Å². The first-order chi connectivity index (χ1) is 6.18. The normalized spacial score (nSPS) is 15.1. The van der Waals surface area contributed by atoms with E-state index >= 15 is 0 Å². The van der Waals surface area contributed by atoms with E-state index in [4.69, 9.17) is 16.3 Å². The molecule has 0 radical (unpaired) electrons. The van der Waals surface area contributed by atoms with Crippen molar-refractivity contribution in [3.8, 4) is 5.75 Å². The summed E-state index contributed by atoms with van der Waals surface area (Å²) in [5.41, 5.74) is 0.614. The summed E-state index contributed by atoms with van der Waals surface area (Å²) in [6.07, 6.45) is 0.448. The molecule has 0 saturated heterocycles. The van der Waals surface area contributed by atoms with Gasteiger partial charge in [0.1, 0.15) is 5.75 Å². The Morgan fingerprint density at radius 2 is 2.23 bits per heavy atom. The molecule has 0 unspecified atom stereocenters. The summed E-state index contributed by atoms with van der Waals surface area (Å²) in [5.74, 6) is 0.653. The van der Waals surface area contributed by atoms with Gasteiger partial charge in [-0.15, -0.1) is 0 Å². The highest BCUT2D eigenvalue weighted by atomic mass is 127. The van der Waals surface area contributed by atoms with Crippen LogP contribution >= 0.6 is 34.2 Å². The predicted octanol–water partition coefficient (Wildman–Crippen LogP) is 2.91. The predicted molar refractivity (Wildman–Crippen MR) is 58.6 cm³/mol. The van der Waals surface area contributed by atoms with Gasteiger partial charge in [0.05, 0.1) is 17.2 Å². The van der Waals surface area contributed by atoms with Crippen LogP contribution < -0.4 is 4.74 Å². The minimum absolute atomic E-state index is 0.113. The summed E-state index contributed by atoms with van der Waals surface area (Å²) in [6, 6.07) is 3.60. The molecular weight excluding hydrogens is 302 g/mol. The van der Waals surface area contributed by atoms with E-state index in [0.29, 0.717) is 29.4 Å². The number of ketones is 1. The summed E-state index contributed by atoms with van der Waals surface area (Å²) in [4.78, 5) is 11.4. The number of carbonyl (C=O) groups excluding carboxylic acids is 1. The first-order valence-corrected chi connectivity index (χ1v) is 5.29. The van der Waals surface area contributed by atoms with Gasteiger partial charge in [0.15, 0.2) is 5.78 Å². The second-order valence-electron chi connectivity index (χ2n) is 2.79. The standard InChI is InChI=1S/C9H6ClIO2/c10-7-4-5(11)3-6-8(12)1-2-13-9(6)7/h3-4H,1-2H2. The van der Waals surface area contributed by atoms with E-state index in [-0.39, 0.29) is 5.78 Å². The van der Waals surface area contributed by atoms with Gasteiger partial charge in [-0.25, -0.2) is 0 Å². The number of fused-ring (bicyclic) bond motifs is 1. The fourth-order valence-corrected chi connectivity index (χ4v) is 2.38. The van der Waals surface area contributed by atoms with E-state index in [9.17, 15) is 4.79 Å². The number of halogens is 2. The second-order valence-corrected chi connectivity index (χ2v) is 4.44. The van der Waals surface area contributed by atoms with Gasteiger partial charge in [-0.05, 0) is 34.7 Å². The van der Waals surface area contributed by atoms with Crippen molar-refractivity contribution in [3.05, 3.63) is 26.3 Å². The Morgan fingerprint density at radius 3 is 3.00 bits per heavy atom. The van der Waals surface area contributed by atoms with Crippen LogP contribution in [0.15, 0.2) is 12.1 Å². The highest BCUT2D eigenvalue weighted by Crippen LogP contribution is 2.34. The zero-order valence-corrected chi connectivity index (χ0v) is 9.55. The van der Waals surface area contributed by atoms with Gasteiger partial charge in [0.2, 0.25) is 0 Å². The molecule has 1 aromatic rings. The molecule has 0 N–H and O–H groups in total. The molecule has 2 rings (SSSR count). The van der Waals surface area contributed by atoms with Crippen LogP contribution in [0.5, 0.6) is 5.75 Å². The molecule has 0 fully saturated rings. The van der Waals surface area contributed by atoms with Crippen molar-refractivity contribution >= 4 is 40.0 Å². The molecule has 0 atom stereocenters. The van der Waals surface area contributed by atoms with Crippen molar-refractivity contribution in [1.29, 1.82) is 0 Å². The molecule has 1 heterocycles. The maximum Gasteiger partial charge on any atom is 0.170 e. The molecule has 2 nitrogen and oxygen atoms in total. The van der Waals surface area contributed by atoms with Crippen molar-refractivity contribution in [3.63, 3.8) is 0 Å². The number of ether oxygens (including phenoxy) is 1. The lowest BCUT2D eigenvalue weighted by Gasteiger charge is -2.17. The van der Waals surface area contributed by atoms with Crippen LogP contribution in [0.3, 0.4) is 0 Å². The number of hydrogen-bond acceptors (Lipinski definition) is 2. The average molecular weight is 309 g/mol. The lowest BCUT2D eigenvalue weighted by molar-refractivity contribution is 0.0933. The summed E-state index contributed by atoms with van der Waals surface area (Å²) < 4.78 is 6.28. The van der Waals surface area contributed by atoms with Crippen molar-refractivity contribution in [2.75, 3.05) is 6.61 Å². The fraction of sp³-hybridized carbons (Fsp3) is 0.222. The Hall–Kier alpha value is -0.290. The van der Waals surface area contributed by atoms with E-state index in [1.54, 1.807) is 6.07 Å². The average Bonchev–Trinajstić information content (AvgIpc) is 2.07. The highest BCUT2D eigenvalue weighted by molar-refractivity contribution is 14.1. The lowest BCUT2D eigenvalue weighted by atomic mass is 10.1. The smallest absolute Gasteiger partial charge is 0.170 e. The molecule has 0 amide bonds. The number of benzene rings is 1. The van der Waals surface area contributed by atoms with Crippen LogP contribution in [0.1, 0.15) is 16.8 Å². The minimum atomic E-state index is 0.113. The van der Waals surface area contributed by atoms with E-state index in [1.165, 1.54) is 0 Å². The maximum absolute atomic E-state index is 11.4. The summed E-state index contributed by atoms with van der Waals surface area (Å²) in [5, 5.41) is 0.523. The third-order valence-corrected chi connectivity index (χ3v) is 2.79. The molecule has 1 aliphatic heterocycles. The molecule has 0 aromatic heterocycles. The van der Waals surface area contributed by atoms with Crippen molar-refractivity contribution in [2.24, 2.45) is 0 Å². The largest absolute Gasteiger partial charge is 0.491 e. The molecule has 0 aliphatic carbocycles. The van der Waals surface area contributed by atoms with Crippen molar-refractivity contribution in [1.82, 2.24) is 0 Å². The third kappa shape index (κ3) is 1.67. The number of hydrogen-bond donors (Lipinski definition) is 0. The van der Waals surface area contributed by atoms with E-state index < -0.39 is 0 Å². The van der Waals surface area contributed by atoms with Gasteiger partial charge >= 0.3 is 0 Å². The third-order valence-electron chi connectivity index (χ3n) is 1.88. The maximum atomic E-state index is 11.4. The molecule has 0 saturated carbocycles. The fourth-order valence-electron chi connectivity index (χ4n) is 1.29. The van der Waals surface area contributed by atoms with Gasteiger partial charge in [0, 0.05) is 9.99 Å². The minimum Gasteiger partial charge on any atom is -0.491 e. The Labute approximate surface area is 94.4 Å². The number of carbonyl (C=O) groups is 1. The van der Waals surface area contributed by atoms with Gasteiger partial charge < -0.3 is 4.74 Å². The van der Waals surface area contributed by atoms with Crippen LogP contribution in [0.25, 0.3) is 0 Å². The topological polar surface area (TPSA) is 26.3 Å². The van der Waals surface area contributed by atoms with Gasteiger partial charge in [-0.3, -0.25) is 4.79 Å². The van der Waals surface area contributed by atoms with Gasteiger partial charge in [-0.2, -0.15) is 0 Å². The molecule has 68 valence electrons. The first-order valence-electron chi connectivity index (χ1n) is 3.83. The van der Waals surface area contributed by atoms with E-state index in [2.05, 4.69) is 22.6 Å². The second kappa shape index (κ2) is 3.46. The van der Waals surface area contributed by atoms with Crippen molar-refractivity contribution < 1.29 is 9.53 Å². The zero-order chi connectivity index (χ0) is 9.42. The molecule has 13 heavy (non-hydrogen) atoms.